The van der Waals surface area contributed by atoms with Crippen LogP contribution in [0.5, 0.6) is 0 Å². The van der Waals surface area contributed by atoms with Crippen LogP contribution in [0.15, 0.2) is 24.3 Å². The van der Waals surface area contributed by atoms with E-state index in [-0.39, 0.29) is 5.56 Å². The van der Waals surface area contributed by atoms with E-state index in [1.807, 2.05) is 0 Å². The summed E-state index contributed by atoms with van der Waals surface area (Å²) < 4.78 is 27.2. The lowest BCUT2D eigenvalue weighted by atomic mass is 10.0. The second-order valence-corrected chi connectivity index (χ2v) is 3.80. The van der Waals surface area contributed by atoms with Gasteiger partial charge in [-0.05, 0) is 24.5 Å². The quantitative estimate of drug-likeness (QED) is 0.792. The number of rotatable bonds is 3. The van der Waals surface area contributed by atoms with Crippen LogP contribution in [0.2, 0.25) is 0 Å². The standard InChI is InChI=1S/C11H13F2N/c12-11(13,9-4-5-9)10-3-1-2-8(6-10)7-14/h1-3,6,9H,4-5,7,14H2. The molecule has 0 amide bonds. The lowest BCUT2D eigenvalue weighted by molar-refractivity contribution is -0.0286. The van der Waals surface area contributed by atoms with Crippen LogP contribution in [-0.4, -0.2) is 0 Å². The van der Waals surface area contributed by atoms with Crippen LogP contribution in [0.25, 0.3) is 0 Å². The predicted octanol–water partition coefficient (Wildman–Crippen LogP) is 2.65. The number of alkyl halides is 2. The third-order valence-electron chi connectivity index (χ3n) is 2.64. The molecule has 0 saturated heterocycles. The molecule has 1 saturated carbocycles. The molecule has 2 rings (SSSR count). The minimum Gasteiger partial charge on any atom is -0.326 e. The second-order valence-electron chi connectivity index (χ2n) is 3.80. The van der Waals surface area contributed by atoms with Crippen LogP contribution in [0.1, 0.15) is 24.0 Å². The average molecular weight is 197 g/mol. The molecule has 1 nitrogen and oxygen atoms in total. The van der Waals surface area contributed by atoms with Gasteiger partial charge in [0.1, 0.15) is 0 Å². The maximum absolute atomic E-state index is 13.6. The number of hydrogen-bond donors (Lipinski definition) is 1. The van der Waals surface area contributed by atoms with Crippen molar-refractivity contribution >= 4 is 0 Å². The highest BCUT2D eigenvalue weighted by Gasteiger charge is 2.47. The molecule has 0 radical (unpaired) electrons. The summed E-state index contributed by atoms with van der Waals surface area (Å²) in [4.78, 5) is 0. The van der Waals surface area contributed by atoms with Crippen molar-refractivity contribution in [3.05, 3.63) is 35.4 Å². The summed E-state index contributed by atoms with van der Waals surface area (Å²) in [6.45, 7) is 0.314. The zero-order valence-electron chi connectivity index (χ0n) is 7.84. The fourth-order valence-corrected chi connectivity index (χ4v) is 1.59. The lowest BCUT2D eigenvalue weighted by Crippen LogP contribution is -2.16. The molecule has 0 unspecified atom stereocenters. The summed E-state index contributed by atoms with van der Waals surface area (Å²) >= 11 is 0. The van der Waals surface area contributed by atoms with E-state index in [4.69, 9.17) is 5.73 Å². The van der Waals surface area contributed by atoms with Crippen LogP contribution >= 0.6 is 0 Å². The molecule has 1 aliphatic carbocycles. The molecule has 0 bridgehead atoms. The Kier molecular flexibility index (Phi) is 2.27. The van der Waals surface area contributed by atoms with E-state index in [9.17, 15) is 8.78 Å². The van der Waals surface area contributed by atoms with Crippen molar-refractivity contribution in [2.45, 2.75) is 25.3 Å². The van der Waals surface area contributed by atoms with Crippen molar-refractivity contribution in [3.8, 4) is 0 Å². The van der Waals surface area contributed by atoms with Gasteiger partial charge >= 0.3 is 0 Å². The van der Waals surface area contributed by atoms with Crippen LogP contribution in [-0.2, 0) is 12.5 Å². The fraction of sp³-hybridized carbons (Fsp3) is 0.455. The van der Waals surface area contributed by atoms with Crippen molar-refractivity contribution in [2.24, 2.45) is 11.7 Å². The first-order valence-corrected chi connectivity index (χ1v) is 4.82. The summed E-state index contributed by atoms with van der Waals surface area (Å²) in [7, 11) is 0. The summed E-state index contributed by atoms with van der Waals surface area (Å²) in [5, 5.41) is 0. The highest BCUT2D eigenvalue weighted by Crippen LogP contribution is 2.49. The summed E-state index contributed by atoms with van der Waals surface area (Å²) in [5.41, 5.74) is 6.29. The van der Waals surface area contributed by atoms with Gasteiger partial charge in [0.2, 0.25) is 0 Å². The molecule has 76 valence electrons. The Morgan fingerprint density at radius 1 is 1.36 bits per heavy atom. The van der Waals surface area contributed by atoms with Gasteiger partial charge in [-0.15, -0.1) is 0 Å². The van der Waals surface area contributed by atoms with Gasteiger partial charge in [-0.3, -0.25) is 0 Å². The molecule has 1 aromatic carbocycles. The minimum absolute atomic E-state index is 0.114. The lowest BCUT2D eigenvalue weighted by Gasteiger charge is -2.16. The molecule has 14 heavy (non-hydrogen) atoms. The maximum atomic E-state index is 13.6. The molecule has 1 fully saturated rings. The first kappa shape index (κ1) is 9.59. The largest absolute Gasteiger partial charge is 0.326 e. The third-order valence-corrected chi connectivity index (χ3v) is 2.64. The fourth-order valence-electron chi connectivity index (χ4n) is 1.59. The molecule has 3 heteroatoms. The molecule has 0 atom stereocenters. The topological polar surface area (TPSA) is 26.0 Å². The third kappa shape index (κ3) is 1.64. The second kappa shape index (κ2) is 3.31. The number of nitrogens with two attached hydrogens (primary N) is 1. The summed E-state index contributed by atoms with van der Waals surface area (Å²) in [6.07, 6.45) is 1.28. The van der Waals surface area contributed by atoms with Gasteiger partial charge in [-0.2, -0.15) is 0 Å². The van der Waals surface area contributed by atoms with Crippen molar-refractivity contribution in [3.63, 3.8) is 0 Å². The van der Waals surface area contributed by atoms with E-state index in [0.29, 0.717) is 19.4 Å². The monoisotopic (exact) mass is 197 g/mol. The van der Waals surface area contributed by atoms with Gasteiger partial charge in [0.05, 0.1) is 0 Å². The van der Waals surface area contributed by atoms with Crippen molar-refractivity contribution in [1.82, 2.24) is 0 Å². The molecule has 0 heterocycles. The highest BCUT2D eigenvalue weighted by atomic mass is 19.3. The Morgan fingerprint density at radius 3 is 2.64 bits per heavy atom. The van der Waals surface area contributed by atoms with Crippen molar-refractivity contribution in [2.75, 3.05) is 0 Å². The summed E-state index contributed by atoms with van der Waals surface area (Å²) in [6, 6.07) is 6.41. The van der Waals surface area contributed by atoms with E-state index >= 15 is 0 Å². The van der Waals surface area contributed by atoms with E-state index in [1.165, 1.54) is 12.1 Å². The van der Waals surface area contributed by atoms with Gasteiger partial charge in [0.25, 0.3) is 5.92 Å². The maximum Gasteiger partial charge on any atom is 0.276 e. The Hall–Kier alpha value is -0.960. The highest BCUT2D eigenvalue weighted by molar-refractivity contribution is 5.28. The Bertz CT molecular complexity index is 332. The van der Waals surface area contributed by atoms with Gasteiger partial charge in [0, 0.05) is 18.0 Å². The Balaban J connectivity index is 2.30. The van der Waals surface area contributed by atoms with E-state index in [1.54, 1.807) is 12.1 Å². The molecule has 2 N–H and O–H groups in total. The first-order valence-electron chi connectivity index (χ1n) is 4.82. The van der Waals surface area contributed by atoms with E-state index in [2.05, 4.69) is 0 Å². The number of hydrogen-bond acceptors (Lipinski definition) is 1. The van der Waals surface area contributed by atoms with Gasteiger partial charge < -0.3 is 5.73 Å². The van der Waals surface area contributed by atoms with E-state index in [0.717, 1.165) is 5.56 Å². The first-order chi connectivity index (χ1) is 6.64. The van der Waals surface area contributed by atoms with Gasteiger partial charge in [-0.25, -0.2) is 8.78 Å². The molecular formula is C11H13F2N. The van der Waals surface area contributed by atoms with Crippen molar-refractivity contribution in [1.29, 1.82) is 0 Å². The molecule has 0 aliphatic heterocycles. The van der Waals surface area contributed by atoms with Crippen LogP contribution < -0.4 is 5.73 Å². The molecule has 1 aliphatic rings. The zero-order chi connectivity index (χ0) is 10.2. The Labute approximate surface area is 81.9 Å². The van der Waals surface area contributed by atoms with Gasteiger partial charge in [0.15, 0.2) is 0 Å². The van der Waals surface area contributed by atoms with Crippen LogP contribution in [0.4, 0.5) is 8.78 Å². The smallest absolute Gasteiger partial charge is 0.276 e. The SMILES string of the molecule is NCc1cccc(C(F)(F)C2CC2)c1. The molecule has 1 aromatic rings. The number of halogens is 2. The molecule has 0 aromatic heterocycles. The average Bonchev–Trinajstić information content (AvgIpc) is 3.01. The Morgan fingerprint density at radius 2 is 2.07 bits per heavy atom. The summed E-state index contributed by atoms with van der Waals surface area (Å²) in [5.74, 6) is -3.11. The van der Waals surface area contributed by atoms with Crippen molar-refractivity contribution < 1.29 is 8.78 Å². The predicted molar refractivity (Wildman–Crippen MR) is 51.0 cm³/mol. The number of benzene rings is 1. The normalized spacial score (nSPS) is 17.1. The van der Waals surface area contributed by atoms with E-state index < -0.39 is 11.8 Å². The minimum atomic E-state index is -2.66. The van der Waals surface area contributed by atoms with Gasteiger partial charge in [-0.1, -0.05) is 18.2 Å². The zero-order valence-corrected chi connectivity index (χ0v) is 7.84. The van der Waals surface area contributed by atoms with Crippen LogP contribution in [0, 0.1) is 5.92 Å². The molecule has 0 spiro atoms. The van der Waals surface area contributed by atoms with Crippen LogP contribution in [0.3, 0.4) is 0 Å². The molecular weight excluding hydrogens is 184 g/mol.